The van der Waals surface area contributed by atoms with Crippen LogP contribution in [0.15, 0.2) is 48.5 Å². The third-order valence-corrected chi connectivity index (χ3v) is 7.28. The highest BCUT2D eigenvalue weighted by molar-refractivity contribution is 5.88. The molecule has 5 nitrogen and oxygen atoms in total. The van der Waals surface area contributed by atoms with Gasteiger partial charge in [-0.25, -0.2) is 8.78 Å². The van der Waals surface area contributed by atoms with E-state index in [-0.39, 0.29) is 30.6 Å². The molecule has 176 valence electrons. The molecular formula is C26H30F2N2O3. The Morgan fingerprint density at radius 1 is 0.879 bits per heavy atom. The molecule has 2 N–H and O–H groups in total. The highest BCUT2D eigenvalue weighted by atomic mass is 19.1. The minimum absolute atomic E-state index is 0.0822. The van der Waals surface area contributed by atoms with Crippen LogP contribution in [0.1, 0.15) is 50.5 Å². The molecule has 0 spiro atoms. The lowest BCUT2D eigenvalue weighted by Crippen LogP contribution is -2.52. The smallest absolute Gasteiger partial charge is 0.233 e. The average Bonchev–Trinajstić information content (AvgIpc) is 3.30. The Hall–Kier alpha value is -2.96. The van der Waals surface area contributed by atoms with Crippen LogP contribution in [0.25, 0.3) is 0 Å². The van der Waals surface area contributed by atoms with Gasteiger partial charge in [0.05, 0.1) is 12.0 Å². The fourth-order valence-corrected chi connectivity index (χ4v) is 5.37. The van der Waals surface area contributed by atoms with E-state index in [1.54, 1.807) is 24.3 Å². The summed E-state index contributed by atoms with van der Waals surface area (Å²) in [7, 11) is 0. The van der Waals surface area contributed by atoms with Crippen molar-refractivity contribution < 1.29 is 23.1 Å². The van der Waals surface area contributed by atoms with Crippen molar-refractivity contribution in [2.75, 3.05) is 19.7 Å². The Balaban J connectivity index is 1.47. The van der Waals surface area contributed by atoms with Crippen molar-refractivity contribution >= 4 is 11.8 Å². The molecule has 0 unspecified atom stereocenters. The quantitative estimate of drug-likeness (QED) is 0.674. The number of carbonyl (C=O) groups is 2. The van der Waals surface area contributed by atoms with Crippen molar-refractivity contribution in [3.63, 3.8) is 0 Å². The summed E-state index contributed by atoms with van der Waals surface area (Å²) in [5, 5.41) is 0. The third kappa shape index (κ3) is 5.02. The second-order valence-electron chi connectivity index (χ2n) is 9.47. The number of primary amides is 1. The molecule has 2 fully saturated rings. The van der Waals surface area contributed by atoms with Crippen LogP contribution < -0.4 is 10.5 Å². The highest BCUT2D eigenvalue weighted by Gasteiger charge is 2.47. The van der Waals surface area contributed by atoms with Gasteiger partial charge in [0.1, 0.15) is 17.4 Å². The van der Waals surface area contributed by atoms with E-state index in [4.69, 9.17) is 10.5 Å². The van der Waals surface area contributed by atoms with Crippen molar-refractivity contribution in [1.29, 1.82) is 0 Å². The first-order valence-corrected chi connectivity index (χ1v) is 11.5. The van der Waals surface area contributed by atoms with Gasteiger partial charge in [-0.05, 0) is 67.6 Å². The lowest BCUT2D eigenvalue weighted by atomic mass is 9.73. The van der Waals surface area contributed by atoms with Gasteiger partial charge in [0.2, 0.25) is 11.8 Å². The van der Waals surface area contributed by atoms with Crippen molar-refractivity contribution in [2.45, 2.75) is 50.4 Å². The lowest BCUT2D eigenvalue weighted by Gasteiger charge is -2.44. The summed E-state index contributed by atoms with van der Waals surface area (Å²) < 4.78 is 32.6. The lowest BCUT2D eigenvalue weighted by molar-refractivity contribution is -0.140. The third-order valence-electron chi connectivity index (χ3n) is 7.28. The number of benzene rings is 2. The molecule has 2 amide bonds. The molecule has 0 atom stereocenters. The predicted molar refractivity (Wildman–Crippen MR) is 120 cm³/mol. The first-order chi connectivity index (χ1) is 15.8. The Labute approximate surface area is 192 Å². The molecule has 1 aliphatic carbocycles. The molecule has 4 rings (SSSR count). The molecule has 1 saturated heterocycles. The van der Waals surface area contributed by atoms with Gasteiger partial charge in [-0.2, -0.15) is 0 Å². The molecule has 0 aromatic heterocycles. The minimum Gasteiger partial charge on any atom is -0.493 e. The van der Waals surface area contributed by atoms with Crippen molar-refractivity contribution in [2.24, 2.45) is 11.1 Å². The summed E-state index contributed by atoms with van der Waals surface area (Å²) in [4.78, 5) is 27.4. The SMILES string of the molecule is NC(=O)CC1(COc2ccc(F)cc2)CCN(C(=O)C2(c3ccc(F)cc3)CCCC2)CC1. The maximum Gasteiger partial charge on any atom is 0.233 e. The first-order valence-electron chi connectivity index (χ1n) is 11.5. The second-order valence-corrected chi connectivity index (χ2v) is 9.47. The van der Waals surface area contributed by atoms with E-state index in [0.29, 0.717) is 31.7 Å². The van der Waals surface area contributed by atoms with E-state index < -0.39 is 16.7 Å². The number of rotatable bonds is 7. The number of nitrogens with two attached hydrogens (primary N) is 1. The van der Waals surface area contributed by atoms with Gasteiger partial charge in [-0.3, -0.25) is 9.59 Å². The van der Waals surface area contributed by atoms with Gasteiger partial charge in [0.15, 0.2) is 0 Å². The summed E-state index contributed by atoms with van der Waals surface area (Å²) in [5.74, 6) is -0.451. The molecule has 33 heavy (non-hydrogen) atoms. The first kappa shape index (κ1) is 23.2. The summed E-state index contributed by atoms with van der Waals surface area (Å²) in [6, 6.07) is 12.1. The molecule has 1 heterocycles. The van der Waals surface area contributed by atoms with Gasteiger partial charge in [0.25, 0.3) is 0 Å². The van der Waals surface area contributed by atoms with E-state index in [1.165, 1.54) is 24.3 Å². The van der Waals surface area contributed by atoms with Crippen molar-refractivity contribution in [3.8, 4) is 5.75 Å². The standard InChI is InChI=1S/C26H30F2N2O3/c27-20-5-3-19(4-6-20)26(11-1-2-12-26)24(32)30-15-13-25(14-16-30,17-23(29)31)18-33-22-9-7-21(28)8-10-22/h3-10H,1-2,11-18H2,(H2,29,31). The number of nitrogens with zero attached hydrogens (tertiary/aromatic N) is 1. The molecule has 1 aliphatic heterocycles. The number of carbonyl (C=O) groups excluding carboxylic acids is 2. The zero-order valence-corrected chi connectivity index (χ0v) is 18.7. The second kappa shape index (κ2) is 9.49. The van der Waals surface area contributed by atoms with Crippen LogP contribution >= 0.6 is 0 Å². The number of halogens is 2. The minimum atomic E-state index is -0.609. The number of ether oxygens (including phenoxy) is 1. The van der Waals surface area contributed by atoms with Gasteiger partial charge in [-0.1, -0.05) is 25.0 Å². The van der Waals surface area contributed by atoms with E-state index >= 15 is 0 Å². The number of hydrogen-bond donors (Lipinski definition) is 1. The number of amides is 2. The van der Waals surface area contributed by atoms with Crippen molar-refractivity contribution in [3.05, 3.63) is 65.7 Å². The Morgan fingerprint density at radius 3 is 1.97 bits per heavy atom. The molecule has 0 radical (unpaired) electrons. The normalized spacial score (nSPS) is 19.3. The maximum absolute atomic E-state index is 13.7. The van der Waals surface area contributed by atoms with Gasteiger partial charge in [-0.15, -0.1) is 0 Å². The van der Waals surface area contributed by atoms with Gasteiger partial charge >= 0.3 is 0 Å². The molecule has 2 aliphatic rings. The average molecular weight is 457 g/mol. The molecule has 7 heteroatoms. The summed E-state index contributed by atoms with van der Waals surface area (Å²) >= 11 is 0. The molecular weight excluding hydrogens is 426 g/mol. The van der Waals surface area contributed by atoms with Crippen LogP contribution in [-0.4, -0.2) is 36.4 Å². The summed E-state index contributed by atoms with van der Waals surface area (Å²) in [6.45, 7) is 1.27. The van der Waals surface area contributed by atoms with Crippen LogP contribution in [0.3, 0.4) is 0 Å². The van der Waals surface area contributed by atoms with Crippen LogP contribution in [0.4, 0.5) is 8.78 Å². The largest absolute Gasteiger partial charge is 0.493 e. The maximum atomic E-state index is 13.7. The topological polar surface area (TPSA) is 72.6 Å². The zero-order chi connectivity index (χ0) is 23.5. The van der Waals surface area contributed by atoms with E-state index in [0.717, 1.165) is 31.2 Å². The fourth-order valence-electron chi connectivity index (χ4n) is 5.37. The monoisotopic (exact) mass is 456 g/mol. The van der Waals surface area contributed by atoms with Gasteiger partial charge < -0.3 is 15.4 Å². The van der Waals surface area contributed by atoms with Crippen LogP contribution in [0, 0.1) is 17.0 Å². The molecule has 0 bridgehead atoms. The Kier molecular flexibility index (Phi) is 6.68. The van der Waals surface area contributed by atoms with Gasteiger partial charge in [0, 0.05) is 24.9 Å². The Morgan fingerprint density at radius 2 is 1.42 bits per heavy atom. The number of hydrogen-bond acceptors (Lipinski definition) is 3. The van der Waals surface area contributed by atoms with Crippen molar-refractivity contribution in [1.82, 2.24) is 4.90 Å². The summed E-state index contributed by atoms with van der Waals surface area (Å²) in [6.07, 6.45) is 4.79. The number of likely N-dealkylation sites (tertiary alicyclic amines) is 1. The van der Waals surface area contributed by atoms with Crippen LogP contribution in [-0.2, 0) is 15.0 Å². The summed E-state index contributed by atoms with van der Waals surface area (Å²) in [5.41, 5.74) is 5.33. The van der Waals surface area contributed by atoms with Crippen LogP contribution in [0.2, 0.25) is 0 Å². The zero-order valence-electron chi connectivity index (χ0n) is 18.7. The Bertz CT molecular complexity index is 978. The van der Waals surface area contributed by atoms with E-state index in [9.17, 15) is 18.4 Å². The molecule has 2 aromatic carbocycles. The predicted octanol–water partition coefficient (Wildman–Crippen LogP) is 4.34. The molecule has 2 aromatic rings. The highest BCUT2D eigenvalue weighted by Crippen LogP contribution is 2.44. The van der Waals surface area contributed by atoms with E-state index in [1.807, 2.05) is 4.90 Å². The fraction of sp³-hybridized carbons (Fsp3) is 0.462. The molecule has 1 saturated carbocycles. The van der Waals surface area contributed by atoms with E-state index in [2.05, 4.69) is 0 Å². The number of piperidine rings is 1. The van der Waals surface area contributed by atoms with Crippen LogP contribution in [0.5, 0.6) is 5.75 Å².